The van der Waals surface area contributed by atoms with E-state index in [-0.39, 0.29) is 24.1 Å². The molecule has 0 saturated carbocycles. The second-order valence-corrected chi connectivity index (χ2v) is 4.19. The molecular formula is C9H8ClF3OS. The second-order valence-electron chi connectivity index (χ2n) is 2.60. The van der Waals surface area contributed by atoms with E-state index in [1.807, 2.05) is 0 Å². The molecule has 1 aromatic carbocycles. The lowest BCUT2D eigenvalue weighted by atomic mass is 10.3. The third-order valence-electron chi connectivity index (χ3n) is 1.43. The molecule has 0 saturated heterocycles. The van der Waals surface area contributed by atoms with Crippen LogP contribution in [0.3, 0.4) is 0 Å². The van der Waals surface area contributed by atoms with Crippen molar-refractivity contribution in [3.05, 3.63) is 29.3 Å². The third kappa shape index (κ3) is 5.79. The first-order chi connectivity index (χ1) is 6.97. The molecule has 15 heavy (non-hydrogen) atoms. The van der Waals surface area contributed by atoms with E-state index in [2.05, 4.69) is 0 Å². The highest BCUT2D eigenvalue weighted by molar-refractivity contribution is 8.00. The monoisotopic (exact) mass is 256 g/mol. The summed E-state index contributed by atoms with van der Waals surface area (Å²) in [6, 6.07) is 6.46. The van der Waals surface area contributed by atoms with Crippen molar-refractivity contribution in [2.24, 2.45) is 0 Å². The summed E-state index contributed by atoms with van der Waals surface area (Å²) in [5.74, 6) is 0.397. The first-order valence-electron chi connectivity index (χ1n) is 4.06. The van der Waals surface area contributed by atoms with Crippen molar-refractivity contribution in [2.45, 2.75) is 5.51 Å². The zero-order valence-corrected chi connectivity index (χ0v) is 9.12. The number of hydrogen-bond acceptors (Lipinski definition) is 2. The Morgan fingerprint density at radius 3 is 2.33 bits per heavy atom. The van der Waals surface area contributed by atoms with Gasteiger partial charge in [0.1, 0.15) is 5.75 Å². The van der Waals surface area contributed by atoms with Crippen LogP contribution in [0.1, 0.15) is 0 Å². The SMILES string of the molecule is FC(F)(F)SCCOc1ccc(Cl)cc1. The van der Waals surface area contributed by atoms with E-state index in [0.717, 1.165) is 0 Å². The van der Waals surface area contributed by atoms with E-state index in [1.54, 1.807) is 24.3 Å². The fourth-order valence-corrected chi connectivity index (χ4v) is 1.37. The minimum absolute atomic E-state index is 0.0197. The lowest BCUT2D eigenvalue weighted by molar-refractivity contribution is -0.0329. The minimum atomic E-state index is -4.19. The molecule has 1 nitrogen and oxygen atoms in total. The highest BCUT2D eigenvalue weighted by Gasteiger charge is 2.27. The Labute approximate surface area is 94.6 Å². The van der Waals surface area contributed by atoms with E-state index in [0.29, 0.717) is 10.8 Å². The lowest BCUT2D eigenvalue weighted by Gasteiger charge is -2.07. The van der Waals surface area contributed by atoms with E-state index < -0.39 is 5.51 Å². The molecule has 0 N–H and O–H groups in total. The molecule has 0 atom stereocenters. The second kappa shape index (κ2) is 5.51. The van der Waals surface area contributed by atoms with Crippen molar-refractivity contribution >= 4 is 23.4 Å². The van der Waals surface area contributed by atoms with Gasteiger partial charge in [-0.05, 0) is 36.0 Å². The van der Waals surface area contributed by atoms with Gasteiger partial charge in [-0.25, -0.2) is 0 Å². The average Bonchev–Trinajstić information content (AvgIpc) is 2.14. The molecule has 0 radical (unpaired) electrons. The van der Waals surface area contributed by atoms with Gasteiger partial charge in [0.25, 0.3) is 0 Å². The first-order valence-corrected chi connectivity index (χ1v) is 5.43. The zero-order chi connectivity index (χ0) is 11.3. The number of rotatable bonds is 4. The molecule has 0 amide bonds. The van der Waals surface area contributed by atoms with Gasteiger partial charge in [-0.1, -0.05) is 11.6 Å². The van der Waals surface area contributed by atoms with E-state index in [4.69, 9.17) is 16.3 Å². The Hall–Kier alpha value is -0.550. The molecule has 0 heterocycles. The van der Waals surface area contributed by atoms with Gasteiger partial charge in [0.15, 0.2) is 0 Å². The van der Waals surface area contributed by atoms with Gasteiger partial charge in [-0.15, -0.1) is 0 Å². The lowest BCUT2D eigenvalue weighted by Crippen LogP contribution is -2.07. The van der Waals surface area contributed by atoms with Crippen LogP contribution in [0.25, 0.3) is 0 Å². The van der Waals surface area contributed by atoms with E-state index >= 15 is 0 Å². The van der Waals surface area contributed by atoms with Crippen LogP contribution in [-0.4, -0.2) is 17.9 Å². The average molecular weight is 257 g/mol. The van der Waals surface area contributed by atoms with Crippen LogP contribution in [0.15, 0.2) is 24.3 Å². The smallest absolute Gasteiger partial charge is 0.441 e. The molecule has 0 aliphatic rings. The maximum Gasteiger partial charge on any atom is 0.441 e. The summed E-state index contributed by atoms with van der Waals surface area (Å²) >= 11 is 5.53. The Morgan fingerprint density at radius 1 is 1.20 bits per heavy atom. The van der Waals surface area contributed by atoms with Crippen LogP contribution in [0.2, 0.25) is 5.02 Å². The topological polar surface area (TPSA) is 9.23 Å². The summed E-state index contributed by atoms with van der Waals surface area (Å²) in [6.45, 7) is 0.0197. The number of alkyl halides is 3. The molecule has 1 aromatic rings. The molecule has 0 aliphatic heterocycles. The summed E-state index contributed by atoms with van der Waals surface area (Å²) in [5, 5.41) is 0.562. The molecule has 84 valence electrons. The molecule has 0 unspecified atom stereocenters. The van der Waals surface area contributed by atoms with Crippen LogP contribution in [-0.2, 0) is 0 Å². The predicted molar refractivity (Wildman–Crippen MR) is 55.5 cm³/mol. The van der Waals surface area contributed by atoms with Crippen LogP contribution < -0.4 is 4.74 Å². The van der Waals surface area contributed by atoms with Crippen LogP contribution in [0.5, 0.6) is 5.75 Å². The Morgan fingerprint density at radius 2 is 1.80 bits per heavy atom. The summed E-state index contributed by atoms with van der Waals surface area (Å²) in [4.78, 5) is 0. The van der Waals surface area contributed by atoms with Gasteiger partial charge in [-0.2, -0.15) is 13.2 Å². The maximum absolute atomic E-state index is 11.7. The number of halogens is 4. The maximum atomic E-state index is 11.7. The summed E-state index contributed by atoms with van der Waals surface area (Å²) in [7, 11) is 0. The fraction of sp³-hybridized carbons (Fsp3) is 0.333. The third-order valence-corrected chi connectivity index (χ3v) is 2.38. The molecule has 0 bridgehead atoms. The van der Waals surface area contributed by atoms with Gasteiger partial charge < -0.3 is 4.74 Å². The van der Waals surface area contributed by atoms with E-state index in [1.165, 1.54) is 0 Å². The Balaban J connectivity index is 2.23. The molecule has 6 heteroatoms. The van der Waals surface area contributed by atoms with Crippen molar-refractivity contribution in [2.75, 3.05) is 12.4 Å². The molecule has 1 rings (SSSR count). The number of ether oxygens (including phenoxy) is 1. The van der Waals surface area contributed by atoms with E-state index in [9.17, 15) is 13.2 Å². The van der Waals surface area contributed by atoms with Crippen molar-refractivity contribution in [1.29, 1.82) is 0 Å². The van der Waals surface area contributed by atoms with Gasteiger partial charge in [-0.3, -0.25) is 0 Å². The Kier molecular flexibility index (Phi) is 4.60. The van der Waals surface area contributed by atoms with Crippen LogP contribution in [0.4, 0.5) is 13.2 Å². The number of thioether (sulfide) groups is 1. The van der Waals surface area contributed by atoms with Gasteiger partial charge in [0.2, 0.25) is 0 Å². The van der Waals surface area contributed by atoms with Crippen molar-refractivity contribution in [3.8, 4) is 5.75 Å². The first kappa shape index (κ1) is 12.5. The molecule has 0 spiro atoms. The number of hydrogen-bond donors (Lipinski definition) is 0. The molecule has 0 fully saturated rings. The van der Waals surface area contributed by atoms with Crippen molar-refractivity contribution in [3.63, 3.8) is 0 Å². The standard InChI is InChI=1S/C9H8ClF3OS/c10-7-1-3-8(4-2-7)14-5-6-15-9(11,12)13/h1-4H,5-6H2. The van der Waals surface area contributed by atoms with Gasteiger partial charge in [0, 0.05) is 10.8 Å². The molecule has 0 aromatic heterocycles. The fourth-order valence-electron chi connectivity index (χ4n) is 0.848. The highest BCUT2D eigenvalue weighted by atomic mass is 35.5. The molecular weight excluding hydrogens is 249 g/mol. The van der Waals surface area contributed by atoms with Crippen LogP contribution in [0, 0.1) is 0 Å². The normalized spacial score (nSPS) is 11.5. The highest BCUT2D eigenvalue weighted by Crippen LogP contribution is 2.29. The van der Waals surface area contributed by atoms with Crippen molar-refractivity contribution in [1.82, 2.24) is 0 Å². The largest absolute Gasteiger partial charge is 0.493 e. The quantitative estimate of drug-likeness (QED) is 0.754. The van der Waals surface area contributed by atoms with Crippen molar-refractivity contribution < 1.29 is 17.9 Å². The van der Waals surface area contributed by atoms with Gasteiger partial charge >= 0.3 is 5.51 Å². The number of benzene rings is 1. The summed E-state index contributed by atoms with van der Waals surface area (Å²) < 4.78 is 40.2. The summed E-state index contributed by atoms with van der Waals surface area (Å²) in [5.41, 5.74) is -4.19. The zero-order valence-electron chi connectivity index (χ0n) is 7.55. The summed E-state index contributed by atoms with van der Waals surface area (Å²) in [6.07, 6.45) is 0. The minimum Gasteiger partial charge on any atom is -0.493 e. The van der Waals surface area contributed by atoms with Crippen LogP contribution >= 0.6 is 23.4 Å². The Bertz CT molecular complexity index is 299. The molecule has 0 aliphatic carbocycles. The predicted octanol–water partition coefficient (Wildman–Crippen LogP) is 3.97. The van der Waals surface area contributed by atoms with Gasteiger partial charge in [0.05, 0.1) is 6.61 Å².